The molecule has 2 aliphatic rings. The van der Waals surface area contributed by atoms with Crippen LogP contribution in [-0.2, 0) is 4.74 Å². The highest BCUT2D eigenvalue weighted by Crippen LogP contribution is 2.38. The van der Waals surface area contributed by atoms with Gasteiger partial charge in [0.25, 0.3) is 0 Å². The summed E-state index contributed by atoms with van der Waals surface area (Å²) in [6.07, 6.45) is 5.61. The van der Waals surface area contributed by atoms with Gasteiger partial charge in [-0.15, -0.1) is 0 Å². The van der Waals surface area contributed by atoms with Crippen molar-refractivity contribution in [2.45, 2.75) is 31.3 Å². The number of ether oxygens (including phenoxy) is 1. The molecule has 2 aromatic rings. The van der Waals surface area contributed by atoms with Crippen molar-refractivity contribution >= 4 is 5.82 Å². The van der Waals surface area contributed by atoms with E-state index in [-0.39, 0.29) is 6.10 Å². The summed E-state index contributed by atoms with van der Waals surface area (Å²) in [5.41, 5.74) is 1.27. The van der Waals surface area contributed by atoms with Gasteiger partial charge in [-0.25, -0.2) is 9.97 Å². The Kier molecular flexibility index (Phi) is 3.77. The van der Waals surface area contributed by atoms with E-state index in [1.165, 1.54) is 18.4 Å². The third-order valence-electron chi connectivity index (χ3n) is 4.50. The van der Waals surface area contributed by atoms with Crippen LogP contribution in [0.5, 0.6) is 0 Å². The monoisotopic (exact) mass is 295 g/mol. The van der Waals surface area contributed by atoms with Crippen LogP contribution in [0, 0.1) is 5.92 Å². The van der Waals surface area contributed by atoms with Gasteiger partial charge in [0.1, 0.15) is 11.6 Å². The van der Waals surface area contributed by atoms with Crippen molar-refractivity contribution in [2.24, 2.45) is 5.92 Å². The van der Waals surface area contributed by atoms with Gasteiger partial charge in [0.2, 0.25) is 0 Å². The lowest BCUT2D eigenvalue weighted by molar-refractivity contribution is 0.0933. The summed E-state index contributed by atoms with van der Waals surface area (Å²) in [7, 11) is 0. The molecule has 0 unspecified atom stereocenters. The fourth-order valence-corrected chi connectivity index (χ4v) is 3.10. The summed E-state index contributed by atoms with van der Waals surface area (Å²) in [5.74, 6) is 3.01. The highest BCUT2D eigenvalue weighted by atomic mass is 16.5. The predicted octanol–water partition coefficient (Wildman–Crippen LogP) is 3.54. The van der Waals surface area contributed by atoms with Gasteiger partial charge in [-0.3, -0.25) is 0 Å². The average molecular weight is 295 g/mol. The summed E-state index contributed by atoms with van der Waals surface area (Å²) in [6.45, 7) is 1.73. The van der Waals surface area contributed by atoms with E-state index in [1.807, 2.05) is 18.3 Å². The summed E-state index contributed by atoms with van der Waals surface area (Å²) in [6, 6.07) is 12.5. The van der Waals surface area contributed by atoms with Crippen molar-refractivity contribution in [1.82, 2.24) is 9.97 Å². The zero-order chi connectivity index (χ0) is 14.8. The van der Waals surface area contributed by atoms with Crippen LogP contribution < -0.4 is 5.32 Å². The van der Waals surface area contributed by atoms with Crippen molar-refractivity contribution < 1.29 is 4.74 Å². The van der Waals surface area contributed by atoms with Crippen molar-refractivity contribution in [3.05, 3.63) is 54.0 Å². The molecule has 4 rings (SSSR count). The van der Waals surface area contributed by atoms with Crippen LogP contribution in [0.25, 0.3) is 0 Å². The second-order valence-electron chi connectivity index (χ2n) is 6.21. The second-order valence-corrected chi connectivity index (χ2v) is 6.21. The molecule has 114 valence electrons. The van der Waals surface area contributed by atoms with Gasteiger partial charge >= 0.3 is 0 Å². The number of nitrogens with one attached hydrogen (secondary N) is 1. The lowest BCUT2D eigenvalue weighted by atomic mass is 9.95. The molecule has 0 bridgehead atoms. The molecule has 2 fully saturated rings. The van der Waals surface area contributed by atoms with Crippen LogP contribution in [0.1, 0.15) is 42.7 Å². The molecule has 0 amide bonds. The normalized spacial score (nSPS) is 24.4. The van der Waals surface area contributed by atoms with Crippen LogP contribution in [0.4, 0.5) is 5.82 Å². The van der Waals surface area contributed by atoms with E-state index >= 15 is 0 Å². The number of aromatic nitrogens is 2. The molecule has 1 aliphatic heterocycles. The third kappa shape index (κ3) is 2.97. The minimum Gasteiger partial charge on any atom is -0.373 e. The summed E-state index contributed by atoms with van der Waals surface area (Å²) >= 11 is 0. The maximum atomic E-state index is 5.94. The lowest BCUT2D eigenvalue weighted by Crippen LogP contribution is -2.18. The molecule has 4 nitrogen and oxygen atoms in total. The average Bonchev–Trinajstić information content (AvgIpc) is 3.32. The Morgan fingerprint density at radius 1 is 1.09 bits per heavy atom. The minimum atomic E-state index is 0.193. The predicted molar refractivity (Wildman–Crippen MR) is 85.7 cm³/mol. The Morgan fingerprint density at radius 2 is 1.95 bits per heavy atom. The van der Waals surface area contributed by atoms with Crippen LogP contribution in [-0.4, -0.2) is 23.1 Å². The number of rotatable bonds is 5. The molecular weight excluding hydrogens is 274 g/mol. The molecule has 4 heteroatoms. The highest BCUT2D eigenvalue weighted by molar-refractivity contribution is 5.34. The molecule has 0 radical (unpaired) electrons. The van der Waals surface area contributed by atoms with E-state index in [4.69, 9.17) is 4.74 Å². The molecule has 1 N–H and O–H groups in total. The van der Waals surface area contributed by atoms with Gasteiger partial charge in [0.15, 0.2) is 0 Å². The van der Waals surface area contributed by atoms with Gasteiger partial charge in [0.05, 0.1) is 6.10 Å². The zero-order valence-electron chi connectivity index (χ0n) is 12.6. The van der Waals surface area contributed by atoms with Gasteiger partial charge in [-0.2, -0.15) is 0 Å². The summed E-state index contributed by atoms with van der Waals surface area (Å²) < 4.78 is 5.94. The topological polar surface area (TPSA) is 47.0 Å². The highest BCUT2D eigenvalue weighted by Gasteiger charge is 2.30. The maximum Gasteiger partial charge on any atom is 0.133 e. The quantitative estimate of drug-likeness (QED) is 0.916. The summed E-state index contributed by atoms with van der Waals surface area (Å²) in [4.78, 5) is 9.00. The number of hydrogen-bond acceptors (Lipinski definition) is 4. The van der Waals surface area contributed by atoms with Crippen molar-refractivity contribution in [3.63, 3.8) is 0 Å². The van der Waals surface area contributed by atoms with Gasteiger partial charge < -0.3 is 10.1 Å². The van der Waals surface area contributed by atoms with E-state index in [0.717, 1.165) is 31.2 Å². The smallest absolute Gasteiger partial charge is 0.133 e. The van der Waals surface area contributed by atoms with E-state index in [1.54, 1.807) is 0 Å². The number of hydrogen-bond donors (Lipinski definition) is 1. The molecule has 1 saturated carbocycles. The minimum absolute atomic E-state index is 0.193. The summed E-state index contributed by atoms with van der Waals surface area (Å²) in [5, 5.41) is 3.48. The van der Waals surface area contributed by atoms with Crippen LogP contribution in [0.3, 0.4) is 0 Å². The largest absolute Gasteiger partial charge is 0.373 e. The Bertz CT molecular complexity index is 627. The van der Waals surface area contributed by atoms with Crippen molar-refractivity contribution in [3.8, 4) is 0 Å². The molecule has 2 heterocycles. The SMILES string of the molecule is c1ccc([C@H]2OCC[C@@H]2CNc2ccnc(C3CC3)n2)cc1. The third-order valence-corrected chi connectivity index (χ3v) is 4.50. The van der Waals surface area contributed by atoms with Crippen LogP contribution in [0.15, 0.2) is 42.6 Å². The molecule has 1 saturated heterocycles. The lowest BCUT2D eigenvalue weighted by Gasteiger charge is -2.19. The molecule has 1 aromatic carbocycles. The molecule has 2 atom stereocenters. The first-order chi connectivity index (χ1) is 10.9. The molecule has 1 aromatic heterocycles. The van der Waals surface area contributed by atoms with Crippen molar-refractivity contribution in [1.29, 1.82) is 0 Å². The number of nitrogens with zero attached hydrogens (tertiary/aromatic N) is 2. The van der Waals surface area contributed by atoms with E-state index < -0.39 is 0 Å². The van der Waals surface area contributed by atoms with Crippen LogP contribution in [0.2, 0.25) is 0 Å². The molecule has 1 aliphatic carbocycles. The van der Waals surface area contributed by atoms with Crippen molar-refractivity contribution in [2.75, 3.05) is 18.5 Å². The molecule has 0 spiro atoms. The Hall–Kier alpha value is -1.94. The van der Waals surface area contributed by atoms with Gasteiger partial charge in [-0.1, -0.05) is 30.3 Å². The maximum absolute atomic E-state index is 5.94. The Morgan fingerprint density at radius 3 is 2.77 bits per heavy atom. The molecule has 22 heavy (non-hydrogen) atoms. The number of benzene rings is 1. The zero-order valence-corrected chi connectivity index (χ0v) is 12.6. The van der Waals surface area contributed by atoms with E-state index in [0.29, 0.717) is 11.8 Å². The Balaban J connectivity index is 1.41. The number of anilines is 1. The first-order valence-electron chi connectivity index (χ1n) is 8.13. The van der Waals surface area contributed by atoms with E-state index in [9.17, 15) is 0 Å². The van der Waals surface area contributed by atoms with Gasteiger partial charge in [0, 0.05) is 31.2 Å². The fraction of sp³-hybridized carbons (Fsp3) is 0.444. The second kappa shape index (κ2) is 6.05. The first kappa shape index (κ1) is 13.7. The fourth-order valence-electron chi connectivity index (χ4n) is 3.10. The Labute approximate surface area is 130 Å². The first-order valence-corrected chi connectivity index (χ1v) is 8.13. The standard InChI is InChI=1S/C18H21N3O/c1-2-4-13(5-3-1)17-15(9-11-22-17)12-20-16-8-10-19-18(21-16)14-6-7-14/h1-5,8,10,14-15,17H,6-7,9,11-12H2,(H,19,20,21)/t15-,17-/m1/s1. The van der Waals surface area contributed by atoms with E-state index in [2.05, 4.69) is 39.6 Å². The molecular formula is C18H21N3O. The van der Waals surface area contributed by atoms with Gasteiger partial charge in [-0.05, 0) is 30.9 Å². The van der Waals surface area contributed by atoms with Crippen LogP contribution >= 0.6 is 0 Å².